The fourth-order valence-electron chi connectivity index (χ4n) is 3.39. The second kappa shape index (κ2) is 9.74. The molecule has 0 unspecified atom stereocenters. The molecule has 2 heterocycles. The lowest BCUT2D eigenvalue weighted by atomic mass is 10.0. The van der Waals surface area contributed by atoms with Crippen molar-refractivity contribution in [3.05, 3.63) is 85.5 Å². The molecule has 0 bridgehead atoms. The Morgan fingerprint density at radius 3 is 2.68 bits per heavy atom. The third kappa shape index (κ3) is 4.85. The van der Waals surface area contributed by atoms with Crippen molar-refractivity contribution in [3.63, 3.8) is 0 Å². The van der Waals surface area contributed by atoms with Gasteiger partial charge in [-0.1, -0.05) is 23.7 Å². The Morgan fingerprint density at radius 2 is 1.94 bits per heavy atom. The molecule has 2 amide bonds. The molecule has 1 fully saturated rings. The standard InChI is InChI=1S/C24H19ClN2O6S/c1-14-11-16(12-19(15(14)2)27(30)31)20-8-7-17(33-20)13-22-23(28)26(24(29)34-22)9-10-32-21-6-4-3-5-18(21)25/h3-8,11-13H,9-10H2,1-2H3/b22-13-. The van der Waals surface area contributed by atoms with Gasteiger partial charge in [0.2, 0.25) is 0 Å². The first-order valence-electron chi connectivity index (χ1n) is 10.2. The molecule has 174 valence electrons. The van der Waals surface area contributed by atoms with E-state index in [2.05, 4.69) is 0 Å². The van der Waals surface area contributed by atoms with Crippen LogP contribution in [0.3, 0.4) is 0 Å². The Hall–Kier alpha value is -3.56. The van der Waals surface area contributed by atoms with Crippen LogP contribution in [0.1, 0.15) is 16.9 Å². The summed E-state index contributed by atoms with van der Waals surface area (Å²) in [4.78, 5) is 37.3. The molecular formula is C24H19ClN2O6S. The summed E-state index contributed by atoms with van der Waals surface area (Å²) >= 11 is 6.86. The van der Waals surface area contributed by atoms with Crippen LogP contribution in [0.15, 0.2) is 57.9 Å². The number of aryl methyl sites for hydroxylation is 1. The van der Waals surface area contributed by atoms with Crippen LogP contribution in [-0.2, 0) is 4.79 Å². The van der Waals surface area contributed by atoms with Crippen LogP contribution in [0.5, 0.6) is 5.75 Å². The van der Waals surface area contributed by atoms with E-state index in [1.165, 1.54) is 12.1 Å². The molecule has 3 aromatic rings. The second-order valence-corrected chi connectivity index (χ2v) is 8.91. The Bertz CT molecular complexity index is 1330. The van der Waals surface area contributed by atoms with Crippen molar-refractivity contribution in [2.24, 2.45) is 0 Å². The summed E-state index contributed by atoms with van der Waals surface area (Å²) in [5.41, 5.74) is 1.92. The number of furan rings is 1. The monoisotopic (exact) mass is 498 g/mol. The third-order valence-corrected chi connectivity index (χ3v) is 6.52. The van der Waals surface area contributed by atoms with Crippen LogP contribution in [0.2, 0.25) is 5.02 Å². The van der Waals surface area contributed by atoms with Gasteiger partial charge in [-0.25, -0.2) is 0 Å². The number of nitro benzene ring substituents is 1. The number of amides is 2. The van der Waals surface area contributed by atoms with Crippen LogP contribution in [0, 0.1) is 24.0 Å². The van der Waals surface area contributed by atoms with E-state index >= 15 is 0 Å². The topological polar surface area (TPSA) is 103 Å². The molecule has 0 atom stereocenters. The number of hydrogen-bond acceptors (Lipinski definition) is 7. The molecule has 1 aromatic heterocycles. The molecule has 2 aromatic carbocycles. The van der Waals surface area contributed by atoms with Gasteiger partial charge in [-0.05, 0) is 61.5 Å². The zero-order chi connectivity index (χ0) is 24.4. The molecule has 8 nitrogen and oxygen atoms in total. The van der Waals surface area contributed by atoms with E-state index < -0.39 is 16.1 Å². The van der Waals surface area contributed by atoms with E-state index in [9.17, 15) is 19.7 Å². The predicted octanol–water partition coefficient (Wildman–Crippen LogP) is 6.24. The highest BCUT2D eigenvalue weighted by atomic mass is 35.5. The van der Waals surface area contributed by atoms with Gasteiger partial charge in [-0.2, -0.15) is 0 Å². The second-order valence-electron chi connectivity index (χ2n) is 7.51. The Morgan fingerprint density at radius 1 is 1.18 bits per heavy atom. The molecule has 0 aliphatic carbocycles. The highest BCUT2D eigenvalue weighted by Crippen LogP contribution is 2.35. The first-order chi connectivity index (χ1) is 16.2. The molecule has 0 radical (unpaired) electrons. The summed E-state index contributed by atoms with van der Waals surface area (Å²) in [6.45, 7) is 3.66. The zero-order valence-electron chi connectivity index (χ0n) is 18.2. The van der Waals surface area contributed by atoms with E-state index in [0.29, 0.717) is 33.4 Å². The average Bonchev–Trinajstić information content (AvgIpc) is 3.36. The van der Waals surface area contributed by atoms with Gasteiger partial charge in [0.05, 0.1) is 21.4 Å². The molecule has 1 aliphatic rings. The zero-order valence-corrected chi connectivity index (χ0v) is 19.8. The maximum Gasteiger partial charge on any atom is 0.293 e. The summed E-state index contributed by atoms with van der Waals surface area (Å²) in [7, 11) is 0. The lowest BCUT2D eigenvalue weighted by molar-refractivity contribution is -0.385. The van der Waals surface area contributed by atoms with Gasteiger partial charge < -0.3 is 9.15 Å². The van der Waals surface area contributed by atoms with Gasteiger partial charge in [-0.15, -0.1) is 0 Å². The van der Waals surface area contributed by atoms with Gasteiger partial charge in [0.25, 0.3) is 16.8 Å². The molecule has 0 N–H and O–H groups in total. The van der Waals surface area contributed by atoms with E-state index in [1.54, 1.807) is 56.3 Å². The van der Waals surface area contributed by atoms with Crippen LogP contribution >= 0.6 is 23.4 Å². The molecule has 1 aliphatic heterocycles. The molecule has 10 heteroatoms. The average molecular weight is 499 g/mol. The van der Waals surface area contributed by atoms with E-state index in [1.807, 2.05) is 0 Å². The number of nitro groups is 1. The van der Waals surface area contributed by atoms with E-state index in [4.69, 9.17) is 20.8 Å². The molecule has 34 heavy (non-hydrogen) atoms. The number of para-hydroxylation sites is 1. The lowest BCUT2D eigenvalue weighted by Gasteiger charge is -2.13. The largest absolute Gasteiger partial charge is 0.490 e. The number of rotatable bonds is 7. The Balaban J connectivity index is 1.47. The molecule has 0 saturated carbocycles. The maximum atomic E-state index is 12.7. The van der Waals surface area contributed by atoms with Gasteiger partial charge >= 0.3 is 0 Å². The third-order valence-electron chi connectivity index (χ3n) is 5.30. The van der Waals surface area contributed by atoms with Crippen LogP contribution in [0.25, 0.3) is 17.4 Å². The fourth-order valence-corrected chi connectivity index (χ4v) is 4.42. The fraction of sp³-hybridized carbons (Fsp3) is 0.167. The quantitative estimate of drug-likeness (QED) is 0.216. The van der Waals surface area contributed by atoms with Crippen LogP contribution in [0.4, 0.5) is 10.5 Å². The number of carbonyl (C=O) groups excluding carboxylic acids is 2. The summed E-state index contributed by atoms with van der Waals surface area (Å²) < 4.78 is 11.4. The number of halogens is 1. The normalized spacial score (nSPS) is 14.8. The van der Waals surface area contributed by atoms with Crippen molar-refractivity contribution in [1.82, 2.24) is 4.90 Å². The van der Waals surface area contributed by atoms with Crippen molar-refractivity contribution in [3.8, 4) is 17.1 Å². The highest BCUT2D eigenvalue weighted by Gasteiger charge is 2.35. The van der Waals surface area contributed by atoms with Crippen LogP contribution < -0.4 is 4.74 Å². The Labute approximate surface area is 204 Å². The van der Waals surface area contributed by atoms with E-state index in [-0.39, 0.29) is 23.7 Å². The van der Waals surface area contributed by atoms with Crippen molar-refractivity contribution in [2.75, 3.05) is 13.2 Å². The summed E-state index contributed by atoms with van der Waals surface area (Å²) in [5.74, 6) is 0.803. The number of imide groups is 1. The SMILES string of the molecule is Cc1cc(-c2ccc(/C=C3\SC(=O)N(CCOc4ccccc4Cl)C3=O)o2)cc([N+](=O)[O-])c1C. The van der Waals surface area contributed by atoms with Gasteiger partial charge in [0.1, 0.15) is 23.9 Å². The van der Waals surface area contributed by atoms with Crippen molar-refractivity contribution >= 4 is 46.3 Å². The first kappa shape index (κ1) is 23.6. The number of nitrogens with zero attached hydrogens (tertiary/aromatic N) is 2. The van der Waals surface area contributed by atoms with Crippen LogP contribution in [-0.4, -0.2) is 34.1 Å². The smallest absolute Gasteiger partial charge is 0.293 e. The number of benzene rings is 2. The number of ether oxygens (including phenoxy) is 1. The van der Waals surface area contributed by atoms with Gasteiger partial charge in [0.15, 0.2) is 0 Å². The van der Waals surface area contributed by atoms with Gasteiger partial charge in [-0.3, -0.25) is 24.6 Å². The first-order valence-corrected chi connectivity index (χ1v) is 11.4. The predicted molar refractivity (Wildman–Crippen MR) is 130 cm³/mol. The summed E-state index contributed by atoms with van der Waals surface area (Å²) in [6.07, 6.45) is 1.48. The minimum Gasteiger partial charge on any atom is -0.490 e. The molecule has 1 saturated heterocycles. The summed E-state index contributed by atoms with van der Waals surface area (Å²) in [5, 5.41) is 11.4. The van der Waals surface area contributed by atoms with Gasteiger partial charge in [0, 0.05) is 23.3 Å². The lowest BCUT2D eigenvalue weighted by Crippen LogP contribution is -2.32. The number of carbonyl (C=O) groups is 2. The van der Waals surface area contributed by atoms with Crippen molar-refractivity contribution in [2.45, 2.75) is 13.8 Å². The van der Waals surface area contributed by atoms with E-state index in [0.717, 1.165) is 22.2 Å². The number of hydrogen-bond donors (Lipinski definition) is 0. The number of thioether (sulfide) groups is 1. The molecule has 4 rings (SSSR count). The van der Waals surface area contributed by atoms with Crippen molar-refractivity contribution in [1.29, 1.82) is 0 Å². The Kier molecular flexibility index (Phi) is 6.76. The minimum atomic E-state index is -0.447. The summed E-state index contributed by atoms with van der Waals surface area (Å²) in [6, 6.07) is 13.5. The van der Waals surface area contributed by atoms with Crippen molar-refractivity contribution < 1.29 is 23.7 Å². The molecular weight excluding hydrogens is 480 g/mol. The maximum absolute atomic E-state index is 12.7. The highest BCUT2D eigenvalue weighted by molar-refractivity contribution is 8.18. The molecule has 0 spiro atoms. The minimum absolute atomic E-state index is 0.00748.